The first-order valence-corrected chi connectivity index (χ1v) is 8.69. The molecule has 118 valence electrons. The van der Waals surface area contributed by atoms with Crippen LogP contribution in [0.1, 0.15) is 30.9 Å². The number of hydrogen-bond donors (Lipinski definition) is 0. The van der Waals surface area contributed by atoms with Crippen molar-refractivity contribution < 1.29 is 13.6 Å². The molecule has 0 aliphatic heterocycles. The van der Waals surface area contributed by atoms with E-state index in [2.05, 4.69) is 6.92 Å². The van der Waals surface area contributed by atoms with Crippen LogP contribution in [0.25, 0.3) is 0 Å². The molecule has 0 spiro atoms. The highest BCUT2D eigenvalue weighted by Crippen LogP contribution is 2.41. The number of benzene rings is 2. The van der Waals surface area contributed by atoms with Gasteiger partial charge in [-0.2, -0.15) is 0 Å². The quantitative estimate of drug-likeness (QED) is 0.454. The molecule has 0 aliphatic rings. The molecule has 22 heavy (non-hydrogen) atoms. The van der Waals surface area contributed by atoms with Gasteiger partial charge in [-0.15, -0.1) is 0 Å². The lowest BCUT2D eigenvalue weighted by atomic mass is 10.2. The number of aryl methyl sites for hydroxylation is 2. The average Bonchev–Trinajstić information content (AvgIpc) is 2.52. The third kappa shape index (κ3) is 5.67. The maximum atomic E-state index is 5.87. The highest BCUT2D eigenvalue weighted by Gasteiger charge is 2.17. The number of unbranched alkanes of at least 4 members (excludes halogenated alkanes) is 1. The minimum absolute atomic E-state index is 0.639. The first-order valence-electron chi connectivity index (χ1n) is 7.59. The van der Waals surface area contributed by atoms with E-state index in [9.17, 15) is 0 Å². The highest BCUT2D eigenvalue weighted by atomic mass is 31.2. The molecule has 0 bridgehead atoms. The Hall–Kier alpha value is -1.57. The fraction of sp³-hybridized carbons (Fsp3) is 0.333. The van der Waals surface area contributed by atoms with E-state index in [0.29, 0.717) is 6.61 Å². The summed E-state index contributed by atoms with van der Waals surface area (Å²) in [5.74, 6) is 1.53. The Morgan fingerprint density at radius 1 is 0.773 bits per heavy atom. The molecule has 0 fully saturated rings. The molecule has 0 radical (unpaired) electrons. The van der Waals surface area contributed by atoms with Gasteiger partial charge in [0.1, 0.15) is 11.5 Å². The second-order valence-corrected chi connectivity index (χ2v) is 6.29. The molecule has 0 amide bonds. The normalized spacial score (nSPS) is 10.7. The van der Waals surface area contributed by atoms with E-state index in [0.717, 1.165) is 24.3 Å². The molecule has 2 aromatic rings. The van der Waals surface area contributed by atoms with Crippen LogP contribution in [0.5, 0.6) is 11.5 Å². The Labute approximate surface area is 134 Å². The van der Waals surface area contributed by atoms with Crippen molar-refractivity contribution in [3.63, 3.8) is 0 Å². The van der Waals surface area contributed by atoms with Gasteiger partial charge in [-0.3, -0.25) is 4.52 Å². The molecular weight excluding hydrogens is 295 g/mol. The lowest BCUT2D eigenvalue weighted by Gasteiger charge is -2.17. The monoisotopic (exact) mass is 318 g/mol. The lowest BCUT2D eigenvalue weighted by Crippen LogP contribution is -2.01. The minimum Gasteiger partial charge on any atom is -0.418 e. The summed E-state index contributed by atoms with van der Waals surface area (Å²) in [6, 6.07) is 15.8. The Balaban J connectivity index is 2.01. The van der Waals surface area contributed by atoms with Crippen LogP contribution in [0.3, 0.4) is 0 Å². The van der Waals surface area contributed by atoms with Crippen LogP contribution >= 0.6 is 8.60 Å². The van der Waals surface area contributed by atoms with E-state index in [1.165, 1.54) is 11.1 Å². The summed E-state index contributed by atoms with van der Waals surface area (Å²) < 4.78 is 17.5. The van der Waals surface area contributed by atoms with Gasteiger partial charge in [-0.05, 0) is 44.5 Å². The van der Waals surface area contributed by atoms with Crippen molar-refractivity contribution in [2.75, 3.05) is 6.61 Å². The number of rotatable bonds is 8. The predicted octanol–water partition coefficient (Wildman–Crippen LogP) is 5.80. The van der Waals surface area contributed by atoms with Gasteiger partial charge in [-0.25, -0.2) is 0 Å². The second-order valence-electron chi connectivity index (χ2n) is 5.22. The molecule has 0 heterocycles. The average molecular weight is 318 g/mol. The van der Waals surface area contributed by atoms with Gasteiger partial charge in [0.2, 0.25) is 0 Å². The SMILES string of the molecule is CCCCOP(Oc1ccc(C)cc1)Oc1ccc(C)cc1. The fourth-order valence-corrected chi connectivity index (χ4v) is 2.73. The molecule has 0 aliphatic carbocycles. The van der Waals surface area contributed by atoms with Gasteiger partial charge in [0.05, 0.1) is 6.61 Å². The van der Waals surface area contributed by atoms with Crippen LogP contribution in [-0.2, 0) is 4.52 Å². The largest absolute Gasteiger partial charge is 0.463 e. The Bertz CT molecular complexity index is 504. The van der Waals surface area contributed by atoms with Crippen LogP contribution in [0.2, 0.25) is 0 Å². The molecule has 0 saturated carbocycles. The van der Waals surface area contributed by atoms with E-state index in [1.54, 1.807) is 0 Å². The van der Waals surface area contributed by atoms with Gasteiger partial charge in [0.15, 0.2) is 0 Å². The third-order valence-electron chi connectivity index (χ3n) is 3.10. The summed E-state index contributed by atoms with van der Waals surface area (Å²) in [4.78, 5) is 0. The van der Waals surface area contributed by atoms with Gasteiger partial charge < -0.3 is 9.05 Å². The summed E-state index contributed by atoms with van der Waals surface area (Å²) in [5.41, 5.74) is 2.39. The van der Waals surface area contributed by atoms with Gasteiger partial charge >= 0.3 is 8.60 Å². The smallest absolute Gasteiger partial charge is 0.418 e. The lowest BCUT2D eigenvalue weighted by molar-refractivity contribution is 0.261. The second kappa shape index (κ2) is 8.77. The van der Waals surface area contributed by atoms with Crippen LogP contribution in [0.4, 0.5) is 0 Å². The standard InChI is InChI=1S/C18H23O3P/c1-4-5-14-19-22(20-17-10-6-15(2)7-11-17)21-18-12-8-16(3)9-13-18/h6-13H,4-5,14H2,1-3H3. The summed E-state index contributed by atoms with van der Waals surface area (Å²) in [6.07, 6.45) is 2.07. The first kappa shape index (κ1) is 16.8. The molecule has 3 nitrogen and oxygen atoms in total. The number of hydrogen-bond acceptors (Lipinski definition) is 3. The maximum absolute atomic E-state index is 5.87. The van der Waals surface area contributed by atoms with E-state index in [-0.39, 0.29) is 0 Å². The Morgan fingerprint density at radius 3 is 1.64 bits per heavy atom. The van der Waals surface area contributed by atoms with Crippen molar-refractivity contribution in [1.29, 1.82) is 0 Å². The molecule has 4 heteroatoms. The van der Waals surface area contributed by atoms with Crippen molar-refractivity contribution in [1.82, 2.24) is 0 Å². The predicted molar refractivity (Wildman–Crippen MR) is 91.4 cm³/mol. The molecule has 0 saturated heterocycles. The van der Waals surface area contributed by atoms with Crippen molar-refractivity contribution in [2.45, 2.75) is 33.6 Å². The van der Waals surface area contributed by atoms with Gasteiger partial charge in [0.25, 0.3) is 0 Å². The zero-order chi connectivity index (χ0) is 15.8. The molecule has 0 N–H and O–H groups in total. The minimum atomic E-state index is -1.44. The van der Waals surface area contributed by atoms with Crippen LogP contribution in [0.15, 0.2) is 48.5 Å². The van der Waals surface area contributed by atoms with Crippen LogP contribution < -0.4 is 9.05 Å². The van der Waals surface area contributed by atoms with Crippen molar-refractivity contribution in [3.05, 3.63) is 59.7 Å². The van der Waals surface area contributed by atoms with Crippen molar-refractivity contribution in [3.8, 4) is 11.5 Å². The topological polar surface area (TPSA) is 27.7 Å². The van der Waals surface area contributed by atoms with Crippen molar-refractivity contribution >= 4 is 8.60 Å². The van der Waals surface area contributed by atoms with E-state index < -0.39 is 8.60 Å². The van der Waals surface area contributed by atoms with Gasteiger partial charge in [0, 0.05) is 0 Å². The molecular formula is C18H23O3P. The summed E-state index contributed by atoms with van der Waals surface area (Å²) in [6.45, 7) is 6.87. The van der Waals surface area contributed by atoms with E-state index in [4.69, 9.17) is 13.6 Å². The zero-order valence-corrected chi connectivity index (χ0v) is 14.3. The first-order chi connectivity index (χ1) is 10.7. The molecule has 0 atom stereocenters. The maximum Gasteiger partial charge on any atom is 0.463 e. The van der Waals surface area contributed by atoms with Crippen LogP contribution in [0, 0.1) is 13.8 Å². The summed E-state index contributed by atoms with van der Waals surface area (Å²) in [5, 5.41) is 0. The van der Waals surface area contributed by atoms with Crippen molar-refractivity contribution in [2.24, 2.45) is 0 Å². The summed E-state index contributed by atoms with van der Waals surface area (Å²) >= 11 is 0. The molecule has 0 aromatic heterocycles. The zero-order valence-electron chi connectivity index (χ0n) is 13.4. The molecule has 2 aromatic carbocycles. The Morgan fingerprint density at radius 2 is 1.23 bits per heavy atom. The third-order valence-corrected chi connectivity index (χ3v) is 4.21. The fourth-order valence-electron chi connectivity index (χ4n) is 1.73. The molecule has 2 rings (SSSR count). The Kier molecular flexibility index (Phi) is 6.70. The van der Waals surface area contributed by atoms with E-state index >= 15 is 0 Å². The van der Waals surface area contributed by atoms with Crippen LogP contribution in [-0.4, -0.2) is 6.61 Å². The highest BCUT2D eigenvalue weighted by molar-refractivity contribution is 7.42. The molecule has 0 unspecified atom stereocenters. The summed E-state index contributed by atoms with van der Waals surface area (Å²) in [7, 11) is -1.44. The van der Waals surface area contributed by atoms with E-state index in [1.807, 2.05) is 62.4 Å². The van der Waals surface area contributed by atoms with Gasteiger partial charge in [-0.1, -0.05) is 48.7 Å².